The molecule has 3 atom stereocenters. The second-order valence-corrected chi connectivity index (χ2v) is 8.77. The molecule has 136 valence electrons. The minimum absolute atomic E-state index is 0.0358. The van der Waals surface area contributed by atoms with E-state index in [-0.39, 0.29) is 21.4 Å². The van der Waals surface area contributed by atoms with Gasteiger partial charge in [0.25, 0.3) is 5.91 Å². The van der Waals surface area contributed by atoms with Gasteiger partial charge < -0.3 is 0 Å². The maximum absolute atomic E-state index is 12.1. The highest BCUT2D eigenvalue weighted by Gasteiger charge is 2.40. The Morgan fingerprint density at radius 2 is 1.96 bits per heavy atom. The molecule has 1 aromatic carbocycles. The zero-order chi connectivity index (χ0) is 18.2. The fourth-order valence-electron chi connectivity index (χ4n) is 3.98. The Bertz CT molecular complexity index is 812. The quantitative estimate of drug-likeness (QED) is 0.681. The summed E-state index contributed by atoms with van der Waals surface area (Å²) in [4.78, 5) is 23.8. The van der Waals surface area contributed by atoms with E-state index in [1.165, 1.54) is 31.4 Å². The molecule has 2 aliphatic carbocycles. The lowest BCUT2D eigenvalue weighted by Crippen LogP contribution is -2.42. The maximum atomic E-state index is 12.1. The van der Waals surface area contributed by atoms with Gasteiger partial charge in [-0.2, -0.15) is 0 Å². The van der Waals surface area contributed by atoms with E-state index in [9.17, 15) is 18.0 Å². The van der Waals surface area contributed by atoms with Crippen molar-refractivity contribution in [3.8, 4) is 0 Å². The number of rotatable bonds is 4. The number of primary sulfonamides is 1. The van der Waals surface area contributed by atoms with Crippen LogP contribution in [0, 0.1) is 17.8 Å². The molecule has 2 amide bonds. The Hall–Kier alpha value is -1.64. The van der Waals surface area contributed by atoms with Crippen LogP contribution in [0.15, 0.2) is 23.1 Å². The first kappa shape index (κ1) is 18.2. The van der Waals surface area contributed by atoms with Crippen molar-refractivity contribution >= 4 is 33.4 Å². The standard InChI is InChI=1S/C16H20ClN3O4S/c17-13-4-3-11(7-14(13)25(18,23)24)16(22)20-19-15(21)8-12-6-9-1-2-10(12)5-9/h3-4,7,9-10,12H,1-2,5-6,8H2,(H,19,21)(H,20,22)(H2,18,23,24)/t9-,10-,12-/m1/s1. The minimum atomic E-state index is -4.04. The molecule has 9 heteroatoms. The van der Waals surface area contributed by atoms with Crippen molar-refractivity contribution in [2.45, 2.75) is 37.0 Å². The average Bonchev–Trinajstić information content (AvgIpc) is 3.14. The van der Waals surface area contributed by atoms with Crippen LogP contribution in [0.2, 0.25) is 5.02 Å². The van der Waals surface area contributed by atoms with E-state index in [0.29, 0.717) is 18.3 Å². The first-order valence-electron chi connectivity index (χ1n) is 8.15. The first-order chi connectivity index (χ1) is 11.7. The van der Waals surface area contributed by atoms with Crippen LogP contribution in [0.3, 0.4) is 0 Å². The molecule has 2 saturated carbocycles. The van der Waals surface area contributed by atoms with Crippen LogP contribution >= 0.6 is 11.6 Å². The predicted molar refractivity (Wildman–Crippen MR) is 92.0 cm³/mol. The van der Waals surface area contributed by atoms with Crippen molar-refractivity contribution in [1.82, 2.24) is 10.9 Å². The third kappa shape index (κ3) is 4.13. The van der Waals surface area contributed by atoms with Gasteiger partial charge in [0.2, 0.25) is 15.9 Å². The molecule has 4 N–H and O–H groups in total. The number of benzene rings is 1. The summed E-state index contributed by atoms with van der Waals surface area (Å²) < 4.78 is 22.9. The number of hydrogen-bond donors (Lipinski definition) is 3. The van der Waals surface area contributed by atoms with Crippen molar-refractivity contribution < 1.29 is 18.0 Å². The molecule has 0 aromatic heterocycles. The van der Waals surface area contributed by atoms with Gasteiger partial charge in [-0.3, -0.25) is 20.4 Å². The number of hydrogen-bond acceptors (Lipinski definition) is 4. The summed E-state index contributed by atoms with van der Waals surface area (Å²) in [7, 11) is -4.04. The lowest BCUT2D eigenvalue weighted by atomic mass is 9.86. The van der Waals surface area contributed by atoms with Gasteiger partial charge in [-0.05, 0) is 55.2 Å². The summed E-state index contributed by atoms with van der Waals surface area (Å²) in [5.74, 6) is 0.887. The molecule has 2 bridgehead atoms. The lowest BCUT2D eigenvalue weighted by Gasteiger charge is -2.20. The van der Waals surface area contributed by atoms with Gasteiger partial charge in [0.1, 0.15) is 4.90 Å². The molecule has 1 aromatic rings. The van der Waals surface area contributed by atoms with Gasteiger partial charge in [0.05, 0.1) is 5.02 Å². The normalized spacial score (nSPS) is 25.0. The highest BCUT2D eigenvalue weighted by Crippen LogP contribution is 2.49. The fourth-order valence-corrected chi connectivity index (χ4v) is 5.05. The molecule has 0 radical (unpaired) electrons. The van der Waals surface area contributed by atoms with E-state index >= 15 is 0 Å². The first-order valence-corrected chi connectivity index (χ1v) is 10.1. The molecule has 7 nitrogen and oxygen atoms in total. The van der Waals surface area contributed by atoms with Crippen LogP contribution in [0.25, 0.3) is 0 Å². The molecule has 0 saturated heterocycles. The van der Waals surface area contributed by atoms with E-state index in [1.807, 2.05) is 0 Å². The monoisotopic (exact) mass is 385 g/mol. The van der Waals surface area contributed by atoms with Gasteiger partial charge in [-0.25, -0.2) is 13.6 Å². The van der Waals surface area contributed by atoms with E-state index in [4.69, 9.17) is 16.7 Å². The fraction of sp³-hybridized carbons (Fsp3) is 0.500. The SMILES string of the molecule is NS(=O)(=O)c1cc(C(=O)NNC(=O)C[C@H]2C[C@@H]3CC[C@@H]2C3)ccc1Cl. The number of amides is 2. The molecule has 2 fully saturated rings. The second-order valence-electron chi connectivity index (χ2n) is 6.83. The third-order valence-corrected chi connectivity index (χ3v) is 6.54. The molecule has 0 unspecified atom stereocenters. The highest BCUT2D eigenvalue weighted by atomic mass is 35.5. The summed E-state index contributed by atoms with van der Waals surface area (Å²) in [6.45, 7) is 0. The lowest BCUT2D eigenvalue weighted by molar-refractivity contribution is -0.123. The highest BCUT2D eigenvalue weighted by molar-refractivity contribution is 7.89. The van der Waals surface area contributed by atoms with Crippen molar-refractivity contribution in [2.24, 2.45) is 22.9 Å². The van der Waals surface area contributed by atoms with Crippen molar-refractivity contribution in [1.29, 1.82) is 0 Å². The second kappa shape index (κ2) is 6.93. The zero-order valence-electron chi connectivity index (χ0n) is 13.5. The number of carbonyl (C=O) groups excluding carboxylic acids is 2. The Kier molecular flexibility index (Phi) is 5.04. The van der Waals surface area contributed by atoms with E-state index in [2.05, 4.69) is 10.9 Å². The Morgan fingerprint density at radius 3 is 2.56 bits per heavy atom. The van der Waals surface area contributed by atoms with Crippen molar-refractivity contribution in [3.05, 3.63) is 28.8 Å². The molecule has 2 aliphatic rings. The zero-order valence-corrected chi connectivity index (χ0v) is 15.1. The van der Waals surface area contributed by atoms with Crippen LogP contribution in [-0.4, -0.2) is 20.2 Å². The summed E-state index contributed by atoms with van der Waals surface area (Å²) in [6.07, 6.45) is 5.15. The minimum Gasteiger partial charge on any atom is -0.273 e. The number of sulfonamides is 1. The van der Waals surface area contributed by atoms with Crippen LogP contribution in [-0.2, 0) is 14.8 Å². The van der Waals surface area contributed by atoms with Crippen molar-refractivity contribution in [3.63, 3.8) is 0 Å². The summed E-state index contributed by atoms with van der Waals surface area (Å²) >= 11 is 5.78. The van der Waals surface area contributed by atoms with Gasteiger partial charge in [0.15, 0.2) is 0 Å². The van der Waals surface area contributed by atoms with E-state index in [1.54, 1.807) is 0 Å². The number of nitrogens with one attached hydrogen (secondary N) is 2. The van der Waals surface area contributed by atoms with E-state index in [0.717, 1.165) is 18.4 Å². The Morgan fingerprint density at radius 1 is 1.20 bits per heavy atom. The number of carbonyl (C=O) groups is 2. The van der Waals surface area contributed by atoms with Crippen molar-refractivity contribution in [2.75, 3.05) is 0 Å². The topological polar surface area (TPSA) is 118 Å². The summed E-state index contributed by atoms with van der Waals surface area (Å²) in [6, 6.07) is 3.71. The predicted octanol–water partition coefficient (Wildman–Crippen LogP) is 1.57. The van der Waals surface area contributed by atoms with Crippen LogP contribution in [0.5, 0.6) is 0 Å². The number of hydrazine groups is 1. The molecule has 0 aliphatic heterocycles. The van der Waals surface area contributed by atoms with Crippen LogP contribution in [0.4, 0.5) is 0 Å². The van der Waals surface area contributed by atoms with Gasteiger partial charge in [-0.15, -0.1) is 0 Å². The van der Waals surface area contributed by atoms with Gasteiger partial charge in [0, 0.05) is 12.0 Å². The smallest absolute Gasteiger partial charge is 0.269 e. The van der Waals surface area contributed by atoms with Gasteiger partial charge in [-0.1, -0.05) is 18.0 Å². The largest absolute Gasteiger partial charge is 0.273 e. The molecular weight excluding hydrogens is 366 g/mol. The maximum Gasteiger partial charge on any atom is 0.269 e. The molecule has 0 spiro atoms. The third-order valence-electron chi connectivity index (χ3n) is 5.15. The Balaban J connectivity index is 1.56. The molecular formula is C16H20ClN3O4S. The van der Waals surface area contributed by atoms with Crippen LogP contribution < -0.4 is 16.0 Å². The van der Waals surface area contributed by atoms with Crippen LogP contribution in [0.1, 0.15) is 42.5 Å². The molecule has 3 rings (SSSR count). The Labute approximate surface area is 151 Å². The molecule has 0 heterocycles. The van der Waals surface area contributed by atoms with Gasteiger partial charge >= 0.3 is 0 Å². The summed E-state index contributed by atoms with van der Waals surface area (Å²) in [5, 5.41) is 4.99. The molecule has 25 heavy (non-hydrogen) atoms. The van der Waals surface area contributed by atoms with E-state index < -0.39 is 15.9 Å². The number of halogens is 1. The summed E-state index contributed by atoms with van der Waals surface area (Å²) in [5.41, 5.74) is 4.72. The number of nitrogens with two attached hydrogens (primary N) is 1. The average molecular weight is 386 g/mol. The number of fused-ring (bicyclic) bond motifs is 2.